The highest BCUT2D eigenvalue weighted by molar-refractivity contribution is 5.93. The van der Waals surface area contributed by atoms with Gasteiger partial charge in [0, 0.05) is 49.4 Å². The monoisotopic (exact) mass is 401 g/mol. The number of benzene rings is 1. The van der Waals surface area contributed by atoms with Crippen LogP contribution in [-0.2, 0) is 16.1 Å². The summed E-state index contributed by atoms with van der Waals surface area (Å²) in [4.78, 5) is 29.7. The largest absolute Gasteiger partial charge is 0.377 e. The quantitative estimate of drug-likeness (QED) is 0.706. The van der Waals surface area contributed by atoms with Crippen LogP contribution in [0.3, 0.4) is 0 Å². The maximum absolute atomic E-state index is 13.2. The molecule has 0 saturated heterocycles. The van der Waals surface area contributed by atoms with Crippen LogP contribution in [-0.4, -0.2) is 36.9 Å². The highest BCUT2D eigenvalue weighted by atomic mass is 16.2. The van der Waals surface area contributed by atoms with Gasteiger partial charge in [0.2, 0.25) is 11.8 Å². The van der Waals surface area contributed by atoms with Gasteiger partial charge in [0.15, 0.2) is 0 Å². The van der Waals surface area contributed by atoms with E-state index in [9.17, 15) is 9.59 Å². The Kier molecular flexibility index (Phi) is 7.36. The van der Waals surface area contributed by atoms with Crippen LogP contribution in [0.5, 0.6) is 0 Å². The lowest BCUT2D eigenvalue weighted by Gasteiger charge is -2.37. The van der Waals surface area contributed by atoms with Crippen molar-refractivity contribution in [1.29, 1.82) is 0 Å². The SMILES string of the molecule is CC(C)[C@@H](C)N(Cc1cc(NC(=O)C2CCC2)ccc1N(C)C)C(=O)C(C)(C)C. The minimum atomic E-state index is -0.447. The maximum atomic E-state index is 13.2. The Hall–Kier alpha value is -2.04. The molecule has 1 fully saturated rings. The molecule has 0 aromatic heterocycles. The van der Waals surface area contributed by atoms with Crippen molar-refractivity contribution in [3.63, 3.8) is 0 Å². The predicted molar refractivity (Wildman–Crippen MR) is 121 cm³/mol. The minimum Gasteiger partial charge on any atom is -0.377 e. The molecule has 5 nitrogen and oxygen atoms in total. The van der Waals surface area contributed by atoms with Gasteiger partial charge in [-0.05, 0) is 49.4 Å². The number of anilines is 2. The maximum Gasteiger partial charge on any atom is 0.228 e. The zero-order valence-corrected chi connectivity index (χ0v) is 19.5. The van der Waals surface area contributed by atoms with Crippen LogP contribution in [0, 0.1) is 17.3 Å². The molecule has 1 aromatic rings. The van der Waals surface area contributed by atoms with Gasteiger partial charge < -0.3 is 15.1 Å². The Morgan fingerprint density at radius 1 is 1.14 bits per heavy atom. The molecule has 2 amide bonds. The zero-order chi connectivity index (χ0) is 21.9. The molecule has 1 N–H and O–H groups in total. The summed E-state index contributed by atoms with van der Waals surface area (Å²) in [6, 6.07) is 6.13. The van der Waals surface area contributed by atoms with Crippen molar-refractivity contribution in [3.05, 3.63) is 23.8 Å². The molecule has 1 aromatic carbocycles. The van der Waals surface area contributed by atoms with Crippen LogP contribution in [0.2, 0.25) is 0 Å². The van der Waals surface area contributed by atoms with Crippen LogP contribution < -0.4 is 10.2 Å². The second-order valence-electron chi connectivity index (χ2n) is 10.0. The van der Waals surface area contributed by atoms with Gasteiger partial charge in [-0.25, -0.2) is 0 Å². The van der Waals surface area contributed by atoms with Gasteiger partial charge in [-0.15, -0.1) is 0 Å². The smallest absolute Gasteiger partial charge is 0.228 e. The molecule has 5 heteroatoms. The average Bonchev–Trinajstić information content (AvgIpc) is 2.55. The van der Waals surface area contributed by atoms with Gasteiger partial charge in [0.1, 0.15) is 0 Å². The van der Waals surface area contributed by atoms with Crippen LogP contribution in [0.25, 0.3) is 0 Å². The molecule has 0 aliphatic heterocycles. The van der Waals surface area contributed by atoms with Crippen molar-refractivity contribution in [2.24, 2.45) is 17.3 Å². The number of carbonyl (C=O) groups excluding carboxylic acids is 2. The minimum absolute atomic E-state index is 0.109. The molecule has 1 saturated carbocycles. The third kappa shape index (κ3) is 5.74. The second kappa shape index (κ2) is 9.19. The van der Waals surface area contributed by atoms with E-state index in [1.54, 1.807) is 0 Å². The third-order valence-electron chi connectivity index (χ3n) is 6.00. The molecule has 0 radical (unpaired) electrons. The fourth-order valence-corrected chi connectivity index (χ4v) is 3.52. The molecular weight excluding hydrogens is 362 g/mol. The lowest BCUT2D eigenvalue weighted by atomic mass is 9.85. The van der Waals surface area contributed by atoms with Crippen molar-refractivity contribution in [3.8, 4) is 0 Å². The molecule has 0 unspecified atom stereocenters. The van der Waals surface area contributed by atoms with E-state index in [4.69, 9.17) is 0 Å². The Balaban J connectivity index is 2.35. The molecule has 0 spiro atoms. The van der Waals surface area contributed by atoms with E-state index < -0.39 is 5.41 Å². The molecule has 1 atom stereocenters. The molecule has 29 heavy (non-hydrogen) atoms. The Labute approximate surface area is 176 Å². The fourth-order valence-electron chi connectivity index (χ4n) is 3.52. The fraction of sp³-hybridized carbons (Fsp3) is 0.667. The number of nitrogens with one attached hydrogen (secondary N) is 1. The lowest BCUT2D eigenvalue weighted by molar-refractivity contribution is -0.143. The zero-order valence-electron chi connectivity index (χ0n) is 19.5. The summed E-state index contributed by atoms with van der Waals surface area (Å²) < 4.78 is 0. The lowest BCUT2D eigenvalue weighted by Crippen LogP contribution is -2.46. The van der Waals surface area contributed by atoms with Crippen LogP contribution in [0.1, 0.15) is 66.4 Å². The molecule has 162 valence electrons. The van der Waals surface area contributed by atoms with Crippen molar-refractivity contribution >= 4 is 23.2 Å². The number of hydrogen-bond acceptors (Lipinski definition) is 3. The predicted octanol–water partition coefficient (Wildman–Crippen LogP) is 4.91. The van der Waals surface area contributed by atoms with E-state index in [0.29, 0.717) is 12.5 Å². The number of rotatable bonds is 7. The number of nitrogens with zero attached hydrogens (tertiary/aromatic N) is 2. The van der Waals surface area contributed by atoms with Gasteiger partial charge in [-0.2, -0.15) is 0 Å². The number of amides is 2. The molecule has 1 aliphatic carbocycles. The third-order valence-corrected chi connectivity index (χ3v) is 6.00. The topological polar surface area (TPSA) is 52.7 Å². The van der Waals surface area contributed by atoms with E-state index in [-0.39, 0.29) is 23.8 Å². The highest BCUT2D eigenvalue weighted by Crippen LogP contribution is 2.31. The molecule has 2 rings (SSSR count). The standard InChI is InChI=1S/C24H39N3O2/c1-16(2)17(3)27(23(29)24(4,5)6)15-19-14-20(12-13-21(19)26(7)8)25-22(28)18-10-9-11-18/h12-14,16-18H,9-11,15H2,1-8H3,(H,25,28)/t17-/m1/s1. The first kappa shape index (κ1) is 23.2. The Bertz CT molecular complexity index is 730. The first-order chi connectivity index (χ1) is 13.4. The summed E-state index contributed by atoms with van der Waals surface area (Å²) >= 11 is 0. The highest BCUT2D eigenvalue weighted by Gasteiger charge is 2.32. The van der Waals surface area contributed by atoms with Crippen molar-refractivity contribution < 1.29 is 9.59 Å². The van der Waals surface area contributed by atoms with Crippen molar-refractivity contribution in [2.45, 2.75) is 73.4 Å². The summed E-state index contributed by atoms with van der Waals surface area (Å²) in [5, 5.41) is 3.07. The second-order valence-corrected chi connectivity index (χ2v) is 10.0. The van der Waals surface area contributed by atoms with E-state index >= 15 is 0 Å². The Morgan fingerprint density at radius 3 is 2.21 bits per heavy atom. The van der Waals surface area contributed by atoms with Gasteiger partial charge in [0.05, 0.1) is 0 Å². The summed E-state index contributed by atoms with van der Waals surface area (Å²) in [6.45, 7) is 12.8. The number of carbonyl (C=O) groups is 2. The first-order valence-corrected chi connectivity index (χ1v) is 10.8. The van der Waals surface area contributed by atoms with Gasteiger partial charge in [-0.3, -0.25) is 9.59 Å². The van der Waals surface area contributed by atoms with Gasteiger partial charge in [-0.1, -0.05) is 41.0 Å². The van der Waals surface area contributed by atoms with E-state index in [1.807, 2.05) is 58.0 Å². The summed E-state index contributed by atoms with van der Waals surface area (Å²) in [7, 11) is 4.01. The van der Waals surface area contributed by atoms with E-state index in [2.05, 4.69) is 31.0 Å². The van der Waals surface area contributed by atoms with Gasteiger partial charge in [0.25, 0.3) is 0 Å². The van der Waals surface area contributed by atoms with Crippen molar-refractivity contribution in [2.75, 3.05) is 24.3 Å². The molecule has 0 bridgehead atoms. The summed E-state index contributed by atoms with van der Waals surface area (Å²) in [5.74, 6) is 0.753. The summed E-state index contributed by atoms with van der Waals surface area (Å²) in [6.07, 6.45) is 3.10. The summed E-state index contributed by atoms with van der Waals surface area (Å²) in [5.41, 5.74) is 2.47. The molecule has 1 aliphatic rings. The number of hydrogen-bond donors (Lipinski definition) is 1. The average molecular weight is 402 g/mol. The Morgan fingerprint density at radius 2 is 1.76 bits per heavy atom. The van der Waals surface area contributed by atoms with Crippen LogP contribution in [0.4, 0.5) is 11.4 Å². The van der Waals surface area contributed by atoms with Crippen molar-refractivity contribution in [1.82, 2.24) is 4.90 Å². The normalized spacial score (nSPS) is 15.6. The van der Waals surface area contributed by atoms with E-state index in [1.165, 1.54) is 0 Å². The molecule has 0 heterocycles. The first-order valence-electron chi connectivity index (χ1n) is 10.8. The van der Waals surface area contributed by atoms with Crippen LogP contribution in [0.15, 0.2) is 18.2 Å². The van der Waals surface area contributed by atoms with Gasteiger partial charge >= 0.3 is 0 Å². The van der Waals surface area contributed by atoms with E-state index in [0.717, 1.165) is 36.2 Å². The van der Waals surface area contributed by atoms with Crippen LogP contribution >= 0.6 is 0 Å². The molecular formula is C24H39N3O2.